The lowest BCUT2D eigenvalue weighted by molar-refractivity contribution is 0.0944. The van der Waals surface area contributed by atoms with E-state index in [0.717, 1.165) is 41.4 Å². The average molecular weight is 328 g/mol. The second kappa shape index (κ2) is 5.62. The van der Waals surface area contributed by atoms with Crippen LogP contribution in [0.1, 0.15) is 21.7 Å². The Labute approximate surface area is 136 Å². The molecule has 23 heavy (non-hydrogen) atoms. The maximum atomic E-state index is 12.2. The first-order chi connectivity index (χ1) is 11.2. The molecule has 1 N–H and O–H groups in total. The Morgan fingerprint density at radius 3 is 3.17 bits per heavy atom. The summed E-state index contributed by atoms with van der Waals surface area (Å²) in [4.78, 5) is 15.2. The van der Waals surface area contributed by atoms with Crippen LogP contribution in [0.25, 0.3) is 5.65 Å². The van der Waals surface area contributed by atoms with E-state index in [2.05, 4.69) is 25.5 Å². The first-order valence-electron chi connectivity index (χ1n) is 7.47. The quantitative estimate of drug-likeness (QED) is 0.789. The summed E-state index contributed by atoms with van der Waals surface area (Å²) in [6.07, 6.45) is 2.51. The SMILES string of the molecule is Cc1csc(C(=O)N[C@@H]2CCN(c3ccc4nncn4n3)C2)c1. The Balaban J connectivity index is 1.43. The second-order valence-electron chi connectivity index (χ2n) is 5.72. The first-order valence-corrected chi connectivity index (χ1v) is 8.35. The molecule has 0 aromatic carbocycles. The summed E-state index contributed by atoms with van der Waals surface area (Å²) < 4.78 is 1.66. The van der Waals surface area contributed by atoms with Crippen LogP contribution in [-0.2, 0) is 0 Å². The fourth-order valence-corrected chi connectivity index (χ4v) is 3.58. The van der Waals surface area contributed by atoms with E-state index < -0.39 is 0 Å². The molecule has 1 amide bonds. The highest BCUT2D eigenvalue weighted by Gasteiger charge is 2.25. The predicted molar refractivity (Wildman–Crippen MR) is 87.9 cm³/mol. The highest BCUT2D eigenvalue weighted by molar-refractivity contribution is 7.12. The minimum absolute atomic E-state index is 0.0113. The van der Waals surface area contributed by atoms with Gasteiger partial charge in [0.25, 0.3) is 5.91 Å². The molecule has 1 aliphatic heterocycles. The fraction of sp³-hybridized carbons (Fsp3) is 0.333. The van der Waals surface area contributed by atoms with Gasteiger partial charge >= 0.3 is 0 Å². The molecule has 1 fully saturated rings. The standard InChI is InChI=1S/C15H16N6OS/c1-10-6-12(23-8-10)15(22)17-11-4-5-20(7-11)14-3-2-13-18-16-9-21(13)19-14/h2-3,6,8-9,11H,4-5,7H2,1H3,(H,17,22)/t11-/m1/s1. The Bertz CT molecular complexity index is 856. The van der Waals surface area contributed by atoms with Crippen molar-refractivity contribution in [3.8, 4) is 0 Å². The summed E-state index contributed by atoms with van der Waals surface area (Å²) in [7, 11) is 0. The first kappa shape index (κ1) is 14.1. The predicted octanol–water partition coefficient (Wildman–Crippen LogP) is 1.50. The van der Waals surface area contributed by atoms with Gasteiger partial charge in [-0.1, -0.05) is 0 Å². The van der Waals surface area contributed by atoms with Crippen molar-refractivity contribution in [2.75, 3.05) is 18.0 Å². The lowest BCUT2D eigenvalue weighted by Crippen LogP contribution is -2.36. The zero-order chi connectivity index (χ0) is 15.8. The number of thiophene rings is 1. The van der Waals surface area contributed by atoms with Crippen LogP contribution in [0.4, 0.5) is 5.82 Å². The number of fused-ring (bicyclic) bond motifs is 1. The van der Waals surface area contributed by atoms with Crippen molar-refractivity contribution in [3.63, 3.8) is 0 Å². The van der Waals surface area contributed by atoms with Gasteiger partial charge in [-0.25, -0.2) is 0 Å². The number of aromatic nitrogens is 4. The molecule has 3 aromatic heterocycles. The van der Waals surface area contributed by atoms with Crippen LogP contribution in [0.3, 0.4) is 0 Å². The number of carbonyl (C=O) groups excluding carboxylic acids is 1. The molecule has 0 saturated carbocycles. The molecule has 4 rings (SSSR count). The van der Waals surface area contributed by atoms with Crippen LogP contribution in [0.15, 0.2) is 29.9 Å². The smallest absolute Gasteiger partial charge is 0.261 e. The summed E-state index contributed by atoms with van der Waals surface area (Å²) in [6, 6.07) is 5.91. The zero-order valence-corrected chi connectivity index (χ0v) is 13.5. The van der Waals surface area contributed by atoms with Crippen molar-refractivity contribution >= 4 is 28.7 Å². The van der Waals surface area contributed by atoms with E-state index in [1.54, 1.807) is 10.8 Å². The van der Waals surface area contributed by atoms with Gasteiger partial charge < -0.3 is 10.2 Å². The summed E-state index contributed by atoms with van der Waals surface area (Å²) in [5.41, 5.74) is 1.85. The van der Waals surface area contributed by atoms with Crippen LogP contribution in [0, 0.1) is 6.92 Å². The largest absolute Gasteiger partial charge is 0.353 e. The molecule has 1 saturated heterocycles. The van der Waals surface area contributed by atoms with E-state index >= 15 is 0 Å². The normalized spacial score (nSPS) is 17.8. The van der Waals surface area contributed by atoms with E-state index in [4.69, 9.17) is 0 Å². The molecule has 0 bridgehead atoms. The Morgan fingerprint density at radius 1 is 1.43 bits per heavy atom. The van der Waals surface area contributed by atoms with Gasteiger partial charge in [-0.2, -0.15) is 4.52 Å². The molecule has 0 spiro atoms. The summed E-state index contributed by atoms with van der Waals surface area (Å²) >= 11 is 1.49. The lowest BCUT2D eigenvalue weighted by Gasteiger charge is -2.17. The number of carbonyl (C=O) groups is 1. The van der Waals surface area contributed by atoms with E-state index in [1.165, 1.54) is 11.3 Å². The molecule has 4 heterocycles. The number of nitrogens with one attached hydrogen (secondary N) is 1. The molecule has 0 unspecified atom stereocenters. The zero-order valence-electron chi connectivity index (χ0n) is 12.6. The van der Waals surface area contributed by atoms with Gasteiger partial charge in [0, 0.05) is 19.1 Å². The topological polar surface area (TPSA) is 75.4 Å². The van der Waals surface area contributed by atoms with Crippen molar-refractivity contribution in [2.45, 2.75) is 19.4 Å². The van der Waals surface area contributed by atoms with Gasteiger partial charge in [0.15, 0.2) is 5.65 Å². The van der Waals surface area contributed by atoms with Crippen molar-refractivity contribution in [1.82, 2.24) is 25.1 Å². The van der Waals surface area contributed by atoms with Crippen LogP contribution in [0.5, 0.6) is 0 Å². The number of rotatable bonds is 3. The molecular formula is C15H16N6OS. The molecule has 0 aliphatic carbocycles. The third kappa shape index (κ3) is 2.77. The fourth-order valence-electron chi connectivity index (χ4n) is 2.78. The van der Waals surface area contributed by atoms with Crippen molar-refractivity contribution in [1.29, 1.82) is 0 Å². The van der Waals surface area contributed by atoms with Crippen LogP contribution in [-0.4, -0.2) is 44.8 Å². The molecule has 118 valence electrons. The number of hydrogen-bond donors (Lipinski definition) is 1. The molecule has 0 radical (unpaired) electrons. The summed E-state index contributed by atoms with van der Waals surface area (Å²) in [5, 5.41) is 17.4. The van der Waals surface area contributed by atoms with Crippen molar-refractivity contribution in [3.05, 3.63) is 40.3 Å². The van der Waals surface area contributed by atoms with Crippen LogP contribution in [0.2, 0.25) is 0 Å². The molecule has 1 atom stereocenters. The van der Waals surface area contributed by atoms with Crippen molar-refractivity contribution in [2.24, 2.45) is 0 Å². The van der Waals surface area contributed by atoms with Crippen molar-refractivity contribution < 1.29 is 4.79 Å². The number of aryl methyl sites for hydroxylation is 1. The number of hydrogen-bond acceptors (Lipinski definition) is 6. The van der Waals surface area contributed by atoms with E-state index in [-0.39, 0.29) is 11.9 Å². The van der Waals surface area contributed by atoms with Gasteiger partial charge in [0.2, 0.25) is 0 Å². The summed E-state index contributed by atoms with van der Waals surface area (Å²) in [5.74, 6) is 0.887. The van der Waals surface area contributed by atoms with Gasteiger partial charge in [-0.15, -0.1) is 26.6 Å². The van der Waals surface area contributed by atoms with E-state index in [9.17, 15) is 4.79 Å². The molecule has 3 aromatic rings. The highest BCUT2D eigenvalue weighted by Crippen LogP contribution is 2.19. The van der Waals surface area contributed by atoms with Gasteiger partial charge in [0.05, 0.1) is 4.88 Å². The molecule has 8 heteroatoms. The van der Waals surface area contributed by atoms with E-state index in [1.807, 2.05) is 30.5 Å². The minimum atomic E-state index is 0.0113. The van der Waals surface area contributed by atoms with Crippen LogP contribution < -0.4 is 10.2 Å². The Morgan fingerprint density at radius 2 is 2.35 bits per heavy atom. The summed E-state index contributed by atoms with van der Waals surface area (Å²) in [6.45, 7) is 3.63. The van der Waals surface area contributed by atoms with Gasteiger partial charge in [-0.05, 0) is 42.5 Å². The minimum Gasteiger partial charge on any atom is -0.353 e. The number of anilines is 1. The van der Waals surface area contributed by atoms with Gasteiger partial charge in [0.1, 0.15) is 12.1 Å². The molecular weight excluding hydrogens is 312 g/mol. The third-order valence-corrected chi connectivity index (χ3v) is 5.00. The molecule has 7 nitrogen and oxygen atoms in total. The van der Waals surface area contributed by atoms with E-state index in [0.29, 0.717) is 0 Å². The number of amides is 1. The lowest BCUT2D eigenvalue weighted by atomic mass is 10.2. The Kier molecular flexibility index (Phi) is 3.45. The average Bonchev–Trinajstić information content (AvgIpc) is 3.26. The monoisotopic (exact) mass is 328 g/mol. The maximum absolute atomic E-state index is 12.2. The highest BCUT2D eigenvalue weighted by atomic mass is 32.1. The third-order valence-electron chi connectivity index (χ3n) is 3.95. The number of nitrogens with zero attached hydrogens (tertiary/aromatic N) is 5. The second-order valence-corrected chi connectivity index (χ2v) is 6.63. The maximum Gasteiger partial charge on any atom is 0.261 e. The van der Waals surface area contributed by atoms with Crippen LogP contribution >= 0.6 is 11.3 Å². The molecule has 1 aliphatic rings. The Hall–Kier alpha value is -2.48. The van der Waals surface area contributed by atoms with Gasteiger partial charge in [-0.3, -0.25) is 4.79 Å².